The minimum Gasteiger partial charge on any atom is -0.334 e. The second-order valence-corrected chi connectivity index (χ2v) is 12.4. The Kier molecular flexibility index (Phi) is 6.94. The monoisotopic (exact) mass is 611 g/mol. The number of carbonyl (C=O) groups excluding carboxylic acids is 3. The first-order chi connectivity index (χ1) is 18.7. The van der Waals surface area contributed by atoms with Gasteiger partial charge in [0.25, 0.3) is 5.91 Å². The van der Waals surface area contributed by atoms with Gasteiger partial charge in [0, 0.05) is 23.2 Å². The molecule has 0 spiro atoms. The van der Waals surface area contributed by atoms with E-state index in [0.717, 1.165) is 17.4 Å². The molecule has 2 aliphatic heterocycles. The van der Waals surface area contributed by atoms with Gasteiger partial charge in [0.1, 0.15) is 11.9 Å². The van der Waals surface area contributed by atoms with Crippen molar-refractivity contribution in [2.75, 3.05) is 13.1 Å². The number of nitrogens with two attached hydrogens (primary N) is 1. The molecule has 2 unspecified atom stereocenters. The Bertz CT molecular complexity index is 1580. The van der Waals surface area contributed by atoms with E-state index in [0.29, 0.717) is 15.1 Å². The molecule has 0 bridgehead atoms. The topological polar surface area (TPSA) is 109 Å². The zero-order valence-electron chi connectivity index (χ0n) is 22.2. The molecule has 3 amide bonds. The molecule has 3 aliphatic rings. The fraction of sp³-hybridized carbons (Fsp3) is 0.444. The molecule has 8 nitrogen and oxygen atoms in total. The number of piperidine rings is 1. The van der Waals surface area contributed by atoms with Gasteiger partial charge < -0.3 is 10.6 Å². The van der Waals surface area contributed by atoms with Crippen LogP contribution in [0.5, 0.6) is 0 Å². The summed E-state index contributed by atoms with van der Waals surface area (Å²) in [5, 5.41) is 0. The van der Waals surface area contributed by atoms with E-state index in [2.05, 4.69) is 9.97 Å². The van der Waals surface area contributed by atoms with Crippen molar-refractivity contribution >= 4 is 51.7 Å². The van der Waals surface area contributed by atoms with Crippen LogP contribution in [0.2, 0.25) is 0 Å². The highest BCUT2D eigenvalue weighted by atomic mass is 35.5. The molecule has 3 aromatic heterocycles. The third-order valence-electron chi connectivity index (χ3n) is 8.22. The van der Waals surface area contributed by atoms with E-state index in [1.165, 1.54) is 29.0 Å². The SMILES string of the molecule is Cc1cc(C(F)(F)F)nc(-c2ccnc3cc(CN4C(=O)C5C(C4=O)C5(C)C)sc23)c1C(=O)N1C[C@@H](N)[C@@H](F)C1.Cl. The van der Waals surface area contributed by atoms with Crippen molar-refractivity contribution in [3.05, 3.63) is 46.1 Å². The van der Waals surface area contributed by atoms with E-state index in [-0.39, 0.29) is 83.5 Å². The molecule has 1 aliphatic carbocycles. The van der Waals surface area contributed by atoms with Gasteiger partial charge in [-0.1, -0.05) is 13.8 Å². The standard InChI is InChI=1S/C27H25F4N5O3S.ClH/c1-11-6-17(27(29,30)31)34-21(18(11)23(37)35-9-14(28)15(32)10-35)13-4-5-33-16-7-12(40-22(13)16)8-36-24(38)19-20(25(36)39)26(19,2)3;/h4-7,14-15,19-20H,8-10,32H2,1-3H3;1H/t14-,15+,19?,20?;/m0./s1. The maximum atomic E-state index is 14.1. The molecule has 0 aromatic carbocycles. The molecule has 14 heteroatoms. The Morgan fingerprint density at radius 3 is 2.41 bits per heavy atom. The number of hydrogen-bond donors (Lipinski definition) is 1. The Hall–Kier alpha value is -3.16. The van der Waals surface area contributed by atoms with Crippen LogP contribution in [0.3, 0.4) is 0 Å². The first kappa shape index (κ1) is 29.3. The Labute approximate surface area is 242 Å². The van der Waals surface area contributed by atoms with Crippen molar-refractivity contribution < 1.29 is 31.9 Å². The number of aryl methyl sites for hydroxylation is 1. The maximum Gasteiger partial charge on any atom is 0.433 e. The van der Waals surface area contributed by atoms with Crippen LogP contribution in [0, 0.1) is 24.2 Å². The molecule has 6 rings (SSSR count). The number of carbonyl (C=O) groups is 3. The predicted octanol–water partition coefficient (Wildman–Crippen LogP) is 4.37. The summed E-state index contributed by atoms with van der Waals surface area (Å²) in [4.78, 5) is 50.4. The number of fused-ring (bicyclic) bond motifs is 2. The smallest absolute Gasteiger partial charge is 0.334 e. The molecule has 3 aromatic rings. The summed E-state index contributed by atoms with van der Waals surface area (Å²) in [5.74, 6) is -1.80. The summed E-state index contributed by atoms with van der Waals surface area (Å²) in [6.45, 7) is 4.82. The van der Waals surface area contributed by atoms with Gasteiger partial charge in [-0.15, -0.1) is 23.7 Å². The van der Waals surface area contributed by atoms with Crippen molar-refractivity contribution in [1.29, 1.82) is 0 Å². The lowest BCUT2D eigenvalue weighted by atomic mass is 9.99. The van der Waals surface area contributed by atoms with Gasteiger partial charge in [-0.2, -0.15) is 13.2 Å². The van der Waals surface area contributed by atoms with Crippen LogP contribution >= 0.6 is 23.7 Å². The fourth-order valence-electron chi connectivity index (χ4n) is 5.96. The maximum absolute atomic E-state index is 14.1. The van der Waals surface area contributed by atoms with Gasteiger partial charge in [0.15, 0.2) is 0 Å². The number of aromatic nitrogens is 2. The van der Waals surface area contributed by atoms with Gasteiger partial charge in [-0.3, -0.25) is 24.3 Å². The number of thiophene rings is 1. The highest BCUT2D eigenvalue weighted by Crippen LogP contribution is 2.63. The molecule has 4 atom stereocenters. The van der Waals surface area contributed by atoms with Crippen LogP contribution in [0.15, 0.2) is 24.4 Å². The summed E-state index contributed by atoms with van der Waals surface area (Å²) < 4.78 is 56.0. The lowest BCUT2D eigenvalue weighted by Crippen LogP contribution is -2.35. The number of nitrogens with zero attached hydrogens (tertiary/aromatic N) is 4. The van der Waals surface area contributed by atoms with Crippen molar-refractivity contribution in [2.24, 2.45) is 23.0 Å². The zero-order chi connectivity index (χ0) is 28.9. The van der Waals surface area contributed by atoms with Gasteiger partial charge in [-0.05, 0) is 36.1 Å². The lowest BCUT2D eigenvalue weighted by Gasteiger charge is -2.21. The molecule has 0 radical (unpaired) electrons. The van der Waals surface area contributed by atoms with Crippen molar-refractivity contribution in [3.63, 3.8) is 0 Å². The van der Waals surface area contributed by atoms with Gasteiger partial charge >= 0.3 is 6.18 Å². The molecule has 218 valence electrons. The molecule has 5 heterocycles. The number of halogens is 5. The average molecular weight is 612 g/mol. The predicted molar refractivity (Wildman–Crippen MR) is 145 cm³/mol. The van der Waals surface area contributed by atoms with E-state index in [1.807, 2.05) is 13.8 Å². The number of likely N-dealkylation sites (tertiary alicyclic amines) is 2. The summed E-state index contributed by atoms with van der Waals surface area (Å²) in [5.41, 5.74) is 4.64. The summed E-state index contributed by atoms with van der Waals surface area (Å²) in [6, 6.07) is 3.05. The second kappa shape index (κ2) is 9.70. The minimum atomic E-state index is -4.78. The first-order valence-electron chi connectivity index (χ1n) is 12.7. The minimum absolute atomic E-state index is 0. The number of rotatable bonds is 4. The van der Waals surface area contributed by atoms with Crippen LogP contribution in [-0.4, -0.2) is 62.8 Å². The largest absolute Gasteiger partial charge is 0.433 e. The van der Waals surface area contributed by atoms with E-state index in [9.17, 15) is 31.9 Å². The van der Waals surface area contributed by atoms with E-state index in [4.69, 9.17) is 5.73 Å². The molecular weight excluding hydrogens is 586 g/mol. The van der Waals surface area contributed by atoms with Gasteiger partial charge in [-0.25, -0.2) is 9.37 Å². The highest BCUT2D eigenvalue weighted by Gasteiger charge is 2.72. The van der Waals surface area contributed by atoms with Crippen molar-refractivity contribution in [2.45, 2.75) is 45.7 Å². The number of imide groups is 1. The summed E-state index contributed by atoms with van der Waals surface area (Å²) in [6.07, 6.45) is -4.83. The van der Waals surface area contributed by atoms with Crippen molar-refractivity contribution in [1.82, 2.24) is 19.8 Å². The number of hydrogen-bond acceptors (Lipinski definition) is 7. The summed E-state index contributed by atoms with van der Waals surface area (Å²) in [7, 11) is 0. The Morgan fingerprint density at radius 2 is 1.83 bits per heavy atom. The second-order valence-electron chi connectivity index (χ2n) is 11.3. The first-order valence-corrected chi connectivity index (χ1v) is 13.5. The van der Waals surface area contributed by atoms with Crippen LogP contribution in [-0.2, 0) is 22.3 Å². The Balaban J connectivity index is 0.00000337. The molecule has 2 N–H and O–H groups in total. The third kappa shape index (κ3) is 4.58. The zero-order valence-corrected chi connectivity index (χ0v) is 23.8. The molecule has 3 fully saturated rings. The van der Waals surface area contributed by atoms with Crippen LogP contribution in [0.4, 0.5) is 17.6 Å². The van der Waals surface area contributed by atoms with Crippen molar-refractivity contribution in [3.8, 4) is 11.3 Å². The third-order valence-corrected chi connectivity index (χ3v) is 9.36. The lowest BCUT2D eigenvalue weighted by molar-refractivity contribution is -0.144. The summed E-state index contributed by atoms with van der Waals surface area (Å²) >= 11 is 1.16. The van der Waals surface area contributed by atoms with Crippen LogP contribution in [0.1, 0.15) is 40.3 Å². The highest BCUT2D eigenvalue weighted by molar-refractivity contribution is 7.19. The quantitative estimate of drug-likeness (QED) is 0.347. The molecular formula is C27H26ClF4N5O3S. The van der Waals surface area contributed by atoms with Crippen LogP contribution in [0.25, 0.3) is 21.5 Å². The average Bonchev–Trinajstić information content (AvgIpc) is 3.17. The molecule has 2 saturated heterocycles. The molecule has 1 saturated carbocycles. The van der Waals surface area contributed by atoms with E-state index in [1.54, 1.807) is 6.07 Å². The number of amides is 3. The molecule has 41 heavy (non-hydrogen) atoms. The number of alkyl halides is 4. The van der Waals surface area contributed by atoms with Crippen LogP contribution < -0.4 is 5.73 Å². The fourth-order valence-corrected chi connectivity index (χ4v) is 7.08. The normalized spacial score (nSPS) is 25.1. The van der Waals surface area contributed by atoms with E-state index < -0.39 is 30.0 Å². The Morgan fingerprint density at radius 1 is 1.17 bits per heavy atom. The van der Waals surface area contributed by atoms with E-state index >= 15 is 0 Å². The van der Waals surface area contributed by atoms with Gasteiger partial charge in [0.2, 0.25) is 11.8 Å². The van der Waals surface area contributed by atoms with Gasteiger partial charge in [0.05, 0.1) is 52.4 Å². The number of pyridine rings is 2.